The predicted molar refractivity (Wildman–Crippen MR) is 70.9 cm³/mol. The molecule has 1 saturated carbocycles. The molecule has 1 atom stereocenters. The van der Waals surface area contributed by atoms with Crippen molar-refractivity contribution in [2.45, 2.75) is 33.1 Å². The van der Waals surface area contributed by atoms with Crippen LogP contribution in [0.1, 0.15) is 31.7 Å². The number of carbonyl (C=O) groups excluding carboxylic acids is 1. The maximum Gasteiger partial charge on any atom is 0.160 e. The van der Waals surface area contributed by atoms with Crippen LogP contribution in [0.3, 0.4) is 0 Å². The molecule has 3 heteroatoms. The van der Waals surface area contributed by atoms with Crippen molar-refractivity contribution in [3.8, 4) is 0 Å². The van der Waals surface area contributed by atoms with Crippen LogP contribution in [0.25, 0.3) is 0 Å². The summed E-state index contributed by atoms with van der Waals surface area (Å²) in [6.07, 6.45) is 4.21. The van der Waals surface area contributed by atoms with Gasteiger partial charge in [-0.05, 0) is 49.4 Å². The van der Waals surface area contributed by atoms with Crippen LogP contribution in [-0.2, 0) is 4.79 Å². The summed E-state index contributed by atoms with van der Waals surface area (Å²) >= 11 is 0. The summed E-state index contributed by atoms with van der Waals surface area (Å²) < 4.78 is 13.1. The SMILES string of the molecule is Cc1cc(N/C=C2\C[C@H](C)CCC2=O)ccc1F. The lowest BCUT2D eigenvalue weighted by Gasteiger charge is -2.19. The van der Waals surface area contributed by atoms with E-state index in [1.54, 1.807) is 25.3 Å². The molecule has 1 N–H and O–H groups in total. The topological polar surface area (TPSA) is 29.1 Å². The molecule has 96 valence electrons. The quantitative estimate of drug-likeness (QED) is 0.805. The summed E-state index contributed by atoms with van der Waals surface area (Å²) in [4.78, 5) is 11.7. The molecule has 1 aromatic rings. The van der Waals surface area contributed by atoms with Gasteiger partial charge in [-0.15, -0.1) is 0 Å². The Balaban J connectivity index is 2.09. The van der Waals surface area contributed by atoms with E-state index in [-0.39, 0.29) is 11.6 Å². The first-order chi connectivity index (χ1) is 8.56. The van der Waals surface area contributed by atoms with E-state index in [1.807, 2.05) is 0 Å². The lowest BCUT2D eigenvalue weighted by Crippen LogP contribution is -2.15. The summed E-state index contributed by atoms with van der Waals surface area (Å²) in [6, 6.07) is 4.85. The Labute approximate surface area is 107 Å². The number of benzene rings is 1. The molecule has 1 aromatic carbocycles. The van der Waals surface area contributed by atoms with Gasteiger partial charge < -0.3 is 5.32 Å². The van der Waals surface area contributed by atoms with Gasteiger partial charge in [-0.3, -0.25) is 4.79 Å². The molecule has 0 radical (unpaired) electrons. The van der Waals surface area contributed by atoms with Crippen molar-refractivity contribution in [2.24, 2.45) is 5.92 Å². The van der Waals surface area contributed by atoms with Crippen molar-refractivity contribution in [1.82, 2.24) is 0 Å². The summed E-state index contributed by atoms with van der Waals surface area (Å²) in [7, 11) is 0. The number of carbonyl (C=O) groups is 1. The highest BCUT2D eigenvalue weighted by Gasteiger charge is 2.19. The lowest BCUT2D eigenvalue weighted by molar-refractivity contribution is -0.116. The van der Waals surface area contributed by atoms with E-state index in [2.05, 4.69) is 12.2 Å². The van der Waals surface area contributed by atoms with Crippen molar-refractivity contribution in [3.05, 3.63) is 41.4 Å². The standard InChI is InChI=1S/C15H18FNO/c1-10-3-6-15(18)12(7-10)9-17-13-4-5-14(16)11(2)8-13/h4-5,8-10,17H,3,6-7H2,1-2H3/b12-9+/t10-/m1/s1. The summed E-state index contributed by atoms with van der Waals surface area (Å²) in [6.45, 7) is 3.88. The molecule has 0 spiro atoms. The van der Waals surface area contributed by atoms with Crippen LogP contribution >= 0.6 is 0 Å². The molecular weight excluding hydrogens is 229 g/mol. The van der Waals surface area contributed by atoms with Gasteiger partial charge in [-0.2, -0.15) is 0 Å². The molecule has 0 saturated heterocycles. The average molecular weight is 247 g/mol. The molecule has 0 bridgehead atoms. The molecule has 1 fully saturated rings. The molecule has 18 heavy (non-hydrogen) atoms. The van der Waals surface area contributed by atoms with Crippen LogP contribution in [0.2, 0.25) is 0 Å². The molecule has 0 amide bonds. The van der Waals surface area contributed by atoms with Gasteiger partial charge in [0, 0.05) is 23.9 Å². The van der Waals surface area contributed by atoms with E-state index in [1.165, 1.54) is 6.07 Å². The summed E-state index contributed by atoms with van der Waals surface area (Å²) in [5.41, 5.74) is 2.25. The van der Waals surface area contributed by atoms with E-state index < -0.39 is 0 Å². The average Bonchev–Trinajstić information content (AvgIpc) is 2.34. The number of halogens is 1. The first kappa shape index (κ1) is 12.8. The van der Waals surface area contributed by atoms with Crippen LogP contribution in [0.15, 0.2) is 30.0 Å². The molecule has 2 rings (SSSR count). The van der Waals surface area contributed by atoms with Gasteiger partial charge in [0.05, 0.1) is 0 Å². The molecule has 0 unspecified atom stereocenters. The van der Waals surface area contributed by atoms with E-state index >= 15 is 0 Å². The first-order valence-electron chi connectivity index (χ1n) is 6.31. The summed E-state index contributed by atoms with van der Waals surface area (Å²) in [5, 5.41) is 3.08. The second-order valence-corrected chi connectivity index (χ2v) is 5.05. The molecule has 0 aliphatic heterocycles. The normalized spacial score (nSPS) is 22.3. The van der Waals surface area contributed by atoms with Crippen LogP contribution in [0.5, 0.6) is 0 Å². The number of allylic oxidation sites excluding steroid dienone is 1. The number of nitrogens with one attached hydrogen (secondary N) is 1. The minimum atomic E-state index is -0.212. The van der Waals surface area contributed by atoms with Crippen LogP contribution in [0, 0.1) is 18.7 Å². The molecule has 2 nitrogen and oxygen atoms in total. The van der Waals surface area contributed by atoms with Crippen molar-refractivity contribution in [2.75, 3.05) is 5.32 Å². The smallest absolute Gasteiger partial charge is 0.160 e. The molecule has 0 heterocycles. The first-order valence-corrected chi connectivity index (χ1v) is 6.31. The minimum Gasteiger partial charge on any atom is -0.361 e. The number of rotatable bonds is 2. The van der Waals surface area contributed by atoms with Gasteiger partial charge >= 0.3 is 0 Å². The Morgan fingerprint density at radius 3 is 2.94 bits per heavy atom. The Kier molecular flexibility index (Phi) is 3.80. The lowest BCUT2D eigenvalue weighted by atomic mass is 9.86. The van der Waals surface area contributed by atoms with Crippen molar-refractivity contribution >= 4 is 11.5 Å². The zero-order valence-electron chi connectivity index (χ0n) is 10.8. The van der Waals surface area contributed by atoms with E-state index in [4.69, 9.17) is 0 Å². The second kappa shape index (κ2) is 5.34. The number of hydrogen-bond donors (Lipinski definition) is 1. The predicted octanol–water partition coefficient (Wildman–Crippen LogP) is 3.82. The third-order valence-electron chi connectivity index (χ3n) is 3.36. The molecule has 0 aromatic heterocycles. The Morgan fingerprint density at radius 2 is 2.22 bits per heavy atom. The number of aryl methyl sites for hydroxylation is 1. The van der Waals surface area contributed by atoms with Gasteiger partial charge in [0.25, 0.3) is 0 Å². The van der Waals surface area contributed by atoms with Crippen LogP contribution < -0.4 is 5.32 Å². The Hall–Kier alpha value is -1.64. The van der Waals surface area contributed by atoms with E-state index in [0.29, 0.717) is 17.9 Å². The van der Waals surface area contributed by atoms with Crippen LogP contribution in [0.4, 0.5) is 10.1 Å². The third-order valence-corrected chi connectivity index (χ3v) is 3.36. The van der Waals surface area contributed by atoms with E-state index in [0.717, 1.165) is 24.1 Å². The summed E-state index contributed by atoms with van der Waals surface area (Å²) in [5.74, 6) is 0.570. The van der Waals surface area contributed by atoms with Crippen molar-refractivity contribution in [1.29, 1.82) is 0 Å². The number of Topliss-reactive ketones (excluding diaryl/α,β-unsaturated/α-hetero) is 1. The highest BCUT2D eigenvalue weighted by Crippen LogP contribution is 2.25. The molecular formula is C15H18FNO. The Morgan fingerprint density at radius 1 is 1.44 bits per heavy atom. The van der Waals surface area contributed by atoms with Crippen molar-refractivity contribution < 1.29 is 9.18 Å². The van der Waals surface area contributed by atoms with Gasteiger partial charge in [0.15, 0.2) is 5.78 Å². The highest BCUT2D eigenvalue weighted by molar-refractivity contribution is 5.96. The molecule has 1 aliphatic carbocycles. The number of hydrogen-bond acceptors (Lipinski definition) is 2. The minimum absolute atomic E-state index is 0.212. The maximum atomic E-state index is 13.1. The van der Waals surface area contributed by atoms with Crippen molar-refractivity contribution in [3.63, 3.8) is 0 Å². The van der Waals surface area contributed by atoms with Gasteiger partial charge in [-0.25, -0.2) is 4.39 Å². The third kappa shape index (κ3) is 2.97. The molecule has 1 aliphatic rings. The number of ketones is 1. The maximum absolute atomic E-state index is 13.1. The zero-order chi connectivity index (χ0) is 13.1. The van der Waals surface area contributed by atoms with E-state index in [9.17, 15) is 9.18 Å². The largest absolute Gasteiger partial charge is 0.361 e. The van der Waals surface area contributed by atoms with Gasteiger partial charge in [0.1, 0.15) is 5.82 Å². The Bertz CT molecular complexity index is 493. The fourth-order valence-corrected chi connectivity index (χ4v) is 2.17. The highest BCUT2D eigenvalue weighted by atomic mass is 19.1. The van der Waals surface area contributed by atoms with Crippen LogP contribution in [-0.4, -0.2) is 5.78 Å². The monoisotopic (exact) mass is 247 g/mol. The van der Waals surface area contributed by atoms with Gasteiger partial charge in [0.2, 0.25) is 0 Å². The fraction of sp³-hybridized carbons (Fsp3) is 0.400. The second-order valence-electron chi connectivity index (χ2n) is 5.05. The van der Waals surface area contributed by atoms with Gasteiger partial charge in [-0.1, -0.05) is 6.92 Å². The fourth-order valence-electron chi connectivity index (χ4n) is 2.17. The zero-order valence-corrected chi connectivity index (χ0v) is 10.8. The number of anilines is 1.